The van der Waals surface area contributed by atoms with Crippen molar-refractivity contribution in [3.63, 3.8) is 0 Å². The van der Waals surface area contributed by atoms with Crippen molar-refractivity contribution >= 4 is 5.97 Å². The highest BCUT2D eigenvalue weighted by Crippen LogP contribution is 2.14. The maximum absolute atomic E-state index is 11.0. The van der Waals surface area contributed by atoms with Gasteiger partial charge in [-0.15, -0.1) is 0 Å². The molecule has 1 aromatic heterocycles. The molecule has 0 saturated carbocycles. The van der Waals surface area contributed by atoms with Crippen LogP contribution in [0.15, 0.2) is 41.6 Å². The fourth-order valence-electron chi connectivity index (χ4n) is 1.62. The van der Waals surface area contributed by atoms with Crippen LogP contribution < -0.4 is 4.74 Å². The number of nitrogens with zero attached hydrogens (tertiary/aromatic N) is 1. The number of aromatic nitrogens is 1. The minimum Gasteiger partial charge on any atom is -0.477 e. The number of aromatic carboxylic acids is 1. The van der Waals surface area contributed by atoms with Gasteiger partial charge in [-0.3, -0.25) is 0 Å². The first-order chi connectivity index (χ1) is 9.50. The molecule has 0 bridgehead atoms. The minimum atomic E-state index is -1.03. The van der Waals surface area contributed by atoms with Gasteiger partial charge >= 0.3 is 5.97 Å². The van der Waals surface area contributed by atoms with Gasteiger partial charge in [0.15, 0.2) is 0 Å². The van der Waals surface area contributed by atoms with Crippen LogP contribution in [0.3, 0.4) is 0 Å². The Morgan fingerprint density at radius 3 is 2.75 bits per heavy atom. The molecule has 0 aliphatic rings. The van der Waals surface area contributed by atoms with E-state index in [1.165, 1.54) is 23.4 Å². The zero-order valence-corrected chi connectivity index (χ0v) is 12.2. The lowest BCUT2D eigenvalue weighted by atomic mass is 10.1. The van der Waals surface area contributed by atoms with Crippen LogP contribution in [-0.2, 0) is 0 Å². The van der Waals surface area contributed by atoms with Crippen LogP contribution in [0.4, 0.5) is 0 Å². The van der Waals surface area contributed by atoms with Crippen molar-refractivity contribution in [2.24, 2.45) is 0 Å². The molecule has 0 radical (unpaired) electrons. The molecule has 0 fully saturated rings. The van der Waals surface area contributed by atoms with E-state index in [0.717, 1.165) is 12.8 Å². The van der Waals surface area contributed by atoms with Crippen molar-refractivity contribution in [3.8, 4) is 5.88 Å². The third kappa shape index (κ3) is 5.69. The molecule has 0 aromatic carbocycles. The Bertz CT molecular complexity index is 514. The van der Waals surface area contributed by atoms with Crippen molar-refractivity contribution in [2.75, 3.05) is 6.61 Å². The van der Waals surface area contributed by atoms with Crippen molar-refractivity contribution in [1.82, 2.24) is 4.98 Å². The summed E-state index contributed by atoms with van der Waals surface area (Å²) in [5, 5.41) is 9.00. The lowest BCUT2D eigenvalue weighted by Gasteiger charge is -2.06. The molecular weight excluding hydrogens is 254 g/mol. The molecule has 0 aliphatic heterocycles. The Labute approximate surface area is 119 Å². The van der Waals surface area contributed by atoms with E-state index in [1.54, 1.807) is 6.07 Å². The summed E-state index contributed by atoms with van der Waals surface area (Å²) >= 11 is 0. The summed E-state index contributed by atoms with van der Waals surface area (Å²) in [6.45, 7) is 6.53. The van der Waals surface area contributed by atoms with Crippen LogP contribution in [0.5, 0.6) is 5.88 Å². The lowest BCUT2D eigenvalue weighted by Crippen LogP contribution is -2.05. The molecule has 0 amide bonds. The first kappa shape index (κ1) is 16.0. The summed E-state index contributed by atoms with van der Waals surface area (Å²) in [6, 6.07) is 3.06. The third-order valence-electron chi connectivity index (χ3n) is 2.74. The van der Waals surface area contributed by atoms with Gasteiger partial charge in [0.25, 0.3) is 0 Å². The highest BCUT2D eigenvalue weighted by atomic mass is 16.5. The number of allylic oxidation sites excluding steroid dienone is 3. The molecule has 1 N–H and O–H groups in total. The average Bonchev–Trinajstić information content (AvgIpc) is 2.38. The Morgan fingerprint density at radius 1 is 1.35 bits per heavy atom. The van der Waals surface area contributed by atoms with Gasteiger partial charge < -0.3 is 9.84 Å². The maximum atomic E-state index is 11.0. The van der Waals surface area contributed by atoms with Crippen LogP contribution in [0, 0.1) is 0 Å². The van der Waals surface area contributed by atoms with Gasteiger partial charge in [-0.2, -0.15) is 0 Å². The van der Waals surface area contributed by atoms with Gasteiger partial charge in [-0.1, -0.05) is 17.2 Å². The molecule has 4 nitrogen and oxygen atoms in total. The van der Waals surface area contributed by atoms with Gasteiger partial charge in [-0.25, -0.2) is 9.78 Å². The molecular formula is C16H21NO3. The van der Waals surface area contributed by atoms with E-state index in [0.29, 0.717) is 6.61 Å². The topological polar surface area (TPSA) is 59.4 Å². The second-order valence-corrected chi connectivity index (χ2v) is 4.84. The quantitative estimate of drug-likeness (QED) is 0.768. The number of hydrogen-bond acceptors (Lipinski definition) is 3. The molecule has 0 aliphatic carbocycles. The normalized spacial score (nSPS) is 11.1. The Kier molecular flexibility index (Phi) is 6.50. The van der Waals surface area contributed by atoms with Crippen molar-refractivity contribution < 1.29 is 14.6 Å². The predicted molar refractivity (Wildman–Crippen MR) is 79.1 cm³/mol. The van der Waals surface area contributed by atoms with E-state index >= 15 is 0 Å². The zero-order chi connectivity index (χ0) is 15.0. The largest absolute Gasteiger partial charge is 0.477 e. The molecule has 4 heteroatoms. The van der Waals surface area contributed by atoms with Crippen LogP contribution >= 0.6 is 0 Å². The second kappa shape index (κ2) is 8.15. The number of carboxylic acids is 1. The maximum Gasteiger partial charge on any atom is 0.341 e. The molecule has 0 spiro atoms. The number of carbonyl (C=O) groups is 1. The monoisotopic (exact) mass is 275 g/mol. The summed E-state index contributed by atoms with van der Waals surface area (Å²) in [6.07, 6.45) is 7.66. The van der Waals surface area contributed by atoms with E-state index in [9.17, 15) is 4.79 Å². The Balaban J connectivity index is 2.51. The number of hydrogen-bond donors (Lipinski definition) is 1. The fourth-order valence-corrected chi connectivity index (χ4v) is 1.62. The standard InChI is InChI=1S/C16H21NO3/c1-12(2)6-4-7-13(3)9-11-20-15-14(16(18)19)8-5-10-17-15/h5-6,8-10H,4,7,11H2,1-3H3,(H,18,19)/b13-9+. The fraction of sp³-hybridized carbons (Fsp3) is 0.375. The van der Waals surface area contributed by atoms with Crippen molar-refractivity contribution in [3.05, 3.63) is 47.2 Å². The molecule has 1 aromatic rings. The molecule has 20 heavy (non-hydrogen) atoms. The average molecular weight is 275 g/mol. The second-order valence-electron chi connectivity index (χ2n) is 4.84. The van der Waals surface area contributed by atoms with Crippen LogP contribution in [0.2, 0.25) is 0 Å². The van der Waals surface area contributed by atoms with Crippen LogP contribution in [0.25, 0.3) is 0 Å². The first-order valence-electron chi connectivity index (χ1n) is 6.61. The number of rotatable bonds is 7. The molecule has 1 heterocycles. The SMILES string of the molecule is CC(C)=CCC/C(C)=C/COc1ncccc1C(=O)O. The summed E-state index contributed by atoms with van der Waals surface area (Å²) in [5.41, 5.74) is 2.62. The Hall–Kier alpha value is -2.10. The minimum absolute atomic E-state index is 0.0862. The van der Waals surface area contributed by atoms with Crippen molar-refractivity contribution in [2.45, 2.75) is 33.6 Å². The molecule has 0 unspecified atom stereocenters. The highest BCUT2D eigenvalue weighted by Gasteiger charge is 2.10. The molecule has 0 atom stereocenters. The highest BCUT2D eigenvalue weighted by molar-refractivity contribution is 5.90. The smallest absolute Gasteiger partial charge is 0.341 e. The number of ether oxygens (including phenoxy) is 1. The number of pyridine rings is 1. The van der Waals surface area contributed by atoms with E-state index in [4.69, 9.17) is 9.84 Å². The molecule has 108 valence electrons. The third-order valence-corrected chi connectivity index (χ3v) is 2.74. The van der Waals surface area contributed by atoms with E-state index in [1.807, 2.05) is 13.0 Å². The van der Waals surface area contributed by atoms with Crippen molar-refractivity contribution in [1.29, 1.82) is 0 Å². The summed E-state index contributed by atoms with van der Waals surface area (Å²) in [5.74, 6) is -0.870. The van der Waals surface area contributed by atoms with E-state index in [2.05, 4.69) is 24.9 Å². The Morgan fingerprint density at radius 2 is 2.10 bits per heavy atom. The van der Waals surface area contributed by atoms with Gasteiger partial charge in [0.2, 0.25) is 5.88 Å². The summed E-state index contributed by atoms with van der Waals surface area (Å²) < 4.78 is 5.41. The van der Waals surface area contributed by atoms with Gasteiger partial charge in [0.05, 0.1) is 0 Å². The lowest BCUT2D eigenvalue weighted by molar-refractivity contribution is 0.0692. The first-order valence-corrected chi connectivity index (χ1v) is 6.61. The van der Waals surface area contributed by atoms with Crippen LogP contribution in [-0.4, -0.2) is 22.7 Å². The summed E-state index contributed by atoms with van der Waals surface area (Å²) in [4.78, 5) is 14.9. The van der Waals surface area contributed by atoms with Crippen LogP contribution in [0.1, 0.15) is 44.0 Å². The van der Waals surface area contributed by atoms with Gasteiger partial charge in [-0.05, 0) is 51.8 Å². The van der Waals surface area contributed by atoms with Gasteiger partial charge in [0, 0.05) is 6.20 Å². The molecule has 1 rings (SSSR count). The zero-order valence-electron chi connectivity index (χ0n) is 12.2. The number of carboxylic acid groups (broad SMARTS) is 1. The molecule has 0 saturated heterocycles. The summed E-state index contributed by atoms with van der Waals surface area (Å²) in [7, 11) is 0. The van der Waals surface area contributed by atoms with E-state index < -0.39 is 5.97 Å². The predicted octanol–water partition coefficient (Wildman–Crippen LogP) is 3.85. The van der Waals surface area contributed by atoms with E-state index in [-0.39, 0.29) is 11.4 Å². The van der Waals surface area contributed by atoms with Gasteiger partial charge in [0.1, 0.15) is 12.2 Å².